The lowest BCUT2D eigenvalue weighted by atomic mass is 10.2. The summed E-state index contributed by atoms with van der Waals surface area (Å²) in [5.74, 6) is 1.15. The number of carbonyl (C=O) groups excluding carboxylic acids is 1. The predicted octanol–water partition coefficient (Wildman–Crippen LogP) is 4.33. The Bertz CT molecular complexity index is 708. The standard InChI is InChI=1S/C16H16Cl2N2O3/c1-22-12-5-6-15(23-2)14(8-12)20-16(21)19-9-10-3-4-11(17)7-13(10)18/h3-8H,9H2,1-2H3,(H2,19,20,21). The smallest absolute Gasteiger partial charge is 0.319 e. The first-order chi connectivity index (χ1) is 11.0. The SMILES string of the molecule is COc1ccc(OC)c(NC(=O)NCc2ccc(Cl)cc2Cl)c1. The van der Waals surface area contributed by atoms with E-state index in [4.69, 9.17) is 32.7 Å². The van der Waals surface area contributed by atoms with E-state index in [-0.39, 0.29) is 12.6 Å². The van der Waals surface area contributed by atoms with E-state index < -0.39 is 0 Å². The lowest BCUT2D eigenvalue weighted by molar-refractivity contribution is 0.251. The fourth-order valence-corrected chi connectivity index (χ4v) is 2.39. The number of nitrogens with one attached hydrogen (secondary N) is 2. The number of hydrogen-bond acceptors (Lipinski definition) is 3. The van der Waals surface area contributed by atoms with Crippen LogP contribution >= 0.6 is 23.2 Å². The van der Waals surface area contributed by atoms with Crippen molar-refractivity contribution in [3.63, 3.8) is 0 Å². The molecule has 2 rings (SSSR count). The maximum atomic E-state index is 12.0. The van der Waals surface area contributed by atoms with Crippen molar-refractivity contribution >= 4 is 34.9 Å². The molecule has 0 spiro atoms. The number of anilines is 1. The van der Waals surface area contributed by atoms with Crippen molar-refractivity contribution in [3.05, 3.63) is 52.0 Å². The third kappa shape index (κ3) is 4.68. The van der Waals surface area contributed by atoms with Crippen LogP contribution in [0.3, 0.4) is 0 Å². The summed E-state index contributed by atoms with van der Waals surface area (Å²) in [6, 6.07) is 9.85. The summed E-state index contributed by atoms with van der Waals surface area (Å²) in [6.45, 7) is 0.272. The van der Waals surface area contributed by atoms with Crippen molar-refractivity contribution in [3.8, 4) is 11.5 Å². The normalized spacial score (nSPS) is 10.1. The van der Waals surface area contributed by atoms with Crippen LogP contribution in [0.4, 0.5) is 10.5 Å². The number of carbonyl (C=O) groups is 1. The third-order valence-corrected chi connectivity index (χ3v) is 3.70. The summed E-state index contributed by atoms with van der Waals surface area (Å²) < 4.78 is 10.3. The Balaban J connectivity index is 2.02. The van der Waals surface area contributed by atoms with Gasteiger partial charge in [0.2, 0.25) is 0 Å². The summed E-state index contributed by atoms with van der Waals surface area (Å²) in [5.41, 5.74) is 1.27. The molecule has 0 bridgehead atoms. The van der Waals surface area contributed by atoms with Gasteiger partial charge in [0.25, 0.3) is 0 Å². The molecule has 0 aliphatic rings. The lowest BCUT2D eigenvalue weighted by Gasteiger charge is -2.13. The Morgan fingerprint density at radius 3 is 2.52 bits per heavy atom. The largest absolute Gasteiger partial charge is 0.497 e. The Morgan fingerprint density at radius 1 is 1.09 bits per heavy atom. The molecule has 2 aromatic carbocycles. The van der Waals surface area contributed by atoms with Crippen LogP contribution in [0, 0.1) is 0 Å². The quantitative estimate of drug-likeness (QED) is 0.839. The van der Waals surface area contributed by atoms with Gasteiger partial charge in [0.1, 0.15) is 11.5 Å². The summed E-state index contributed by atoms with van der Waals surface area (Å²) in [4.78, 5) is 12.0. The van der Waals surface area contributed by atoms with Crippen molar-refractivity contribution in [2.45, 2.75) is 6.54 Å². The molecule has 0 unspecified atom stereocenters. The highest BCUT2D eigenvalue weighted by Crippen LogP contribution is 2.28. The molecule has 0 aliphatic carbocycles. The molecule has 2 amide bonds. The van der Waals surface area contributed by atoms with Crippen molar-refractivity contribution in [1.82, 2.24) is 5.32 Å². The van der Waals surface area contributed by atoms with Crippen LogP contribution in [0.15, 0.2) is 36.4 Å². The monoisotopic (exact) mass is 354 g/mol. The first-order valence-corrected chi connectivity index (χ1v) is 7.50. The van der Waals surface area contributed by atoms with Gasteiger partial charge in [0, 0.05) is 22.7 Å². The molecule has 0 aliphatic heterocycles. The fourth-order valence-electron chi connectivity index (χ4n) is 1.92. The van der Waals surface area contributed by atoms with Crippen LogP contribution in [0.2, 0.25) is 10.0 Å². The maximum absolute atomic E-state index is 12.0. The number of ether oxygens (including phenoxy) is 2. The highest BCUT2D eigenvalue weighted by atomic mass is 35.5. The van der Waals surface area contributed by atoms with Gasteiger partial charge in [-0.2, -0.15) is 0 Å². The summed E-state index contributed by atoms with van der Waals surface area (Å²) in [5, 5.41) is 6.48. The van der Waals surface area contributed by atoms with E-state index in [1.165, 1.54) is 7.11 Å². The molecule has 0 fully saturated rings. The second-order valence-corrected chi connectivity index (χ2v) is 5.45. The second-order valence-electron chi connectivity index (χ2n) is 4.61. The van der Waals surface area contributed by atoms with Gasteiger partial charge in [-0.15, -0.1) is 0 Å². The molecule has 0 aromatic heterocycles. The average molecular weight is 355 g/mol. The summed E-state index contributed by atoms with van der Waals surface area (Å²) >= 11 is 11.9. The Morgan fingerprint density at radius 2 is 1.87 bits per heavy atom. The summed E-state index contributed by atoms with van der Waals surface area (Å²) in [6.07, 6.45) is 0. The number of rotatable bonds is 5. The van der Waals surface area contributed by atoms with Crippen LogP contribution < -0.4 is 20.1 Å². The lowest BCUT2D eigenvalue weighted by Crippen LogP contribution is -2.28. The van der Waals surface area contributed by atoms with E-state index in [9.17, 15) is 4.79 Å². The molecule has 0 saturated carbocycles. The molecule has 7 heteroatoms. The van der Waals surface area contributed by atoms with E-state index >= 15 is 0 Å². The van der Waals surface area contributed by atoms with Crippen LogP contribution in [0.1, 0.15) is 5.56 Å². The number of methoxy groups -OCH3 is 2. The van der Waals surface area contributed by atoms with Crippen LogP contribution in [-0.4, -0.2) is 20.3 Å². The van der Waals surface area contributed by atoms with Gasteiger partial charge in [-0.25, -0.2) is 4.79 Å². The van der Waals surface area contributed by atoms with Crippen LogP contribution in [0.5, 0.6) is 11.5 Å². The molecular weight excluding hydrogens is 339 g/mol. The zero-order valence-electron chi connectivity index (χ0n) is 12.7. The zero-order valence-corrected chi connectivity index (χ0v) is 14.2. The molecule has 23 heavy (non-hydrogen) atoms. The van der Waals surface area contributed by atoms with Crippen molar-refractivity contribution in [2.75, 3.05) is 19.5 Å². The van der Waals surface area contributed by atoms with Gasteiger partial charge in [-0.1, -0.05) is 29.3 Å². The maximum Gasteiger partial charge on any atom is 0.319 e. The fraction of sp³-hybridized carbons (Fsp3) is 0.188. The Hall–Kier alpha value is -2.11. The van der Waals surface area contributed by atoms with Crippen LogP contribution in [0.25, 0.3) is 0 Å². The van der Waals surface area contributed by atoms with E-state index in [0.29, 0.717) is 27.2 Å². The van der Waals surface area contributed by atoms with E-state index in [1.54, 1.807) is 43.5 Å². The minimum Gasteiger partial charge on any atom is -0.497 e. The number of benzene rings is 2. The number of urea groups is 1. The van der Waals surface area contributed by atoms with E-state index in [0.717, 1.165) is 5.56 Å². The van der Waals surface area contributed by atoms with Crippen molar-refractivity contribution in [1.29, 1.82) is 0 Å². The van der Waals surface area contributed by atoms with Gasteiger partial charge in [-0.05, 0) is 29.8 Å². The molecule has 0 heterocycles. The Labute approximate surface area is 144 Å². The van der Waals surface area contributed by atoms with E-state index in [1.807, 2.05) is 0 Å². The van der Waals surface area contributed by atoms with Gasteiger partial charge in [-0.3, -0.25) is 0 Å². The zero-order chi connectivity index (χ0) is 16.8. The predicted molar refractivity (Wildman–Crippen MR) is 91.9 cm³/mol. The first kappa shape index (κ1) is 17.2. The molecule has 0 radical (unpaired) electrons. The minimum atomic E-state index is -0.387. The number of hydrogen-bond donors (Lipinski definition) is 2. The number of amides is 2. The molecule has 122 valence electrons. The van der Waals surface area contributed by atoms with Gasteiger partial charge >= 0.3 is 6.03 Å². The molecule has 5 nitrogen and oxygen atoms in total. The van der Waals surface area contributed by atoms with Crippen molar-refractivity contribution < 1.29 is 14.3 Å². The summed E-state index contributed by atoms with van der Waals surface area (Å²) in [7, 11) is 3.08. The average Bonchev–Trinajstić information content (AvgIpc) is 2.54. The highest BCUT2D eigenvalue weighted by Gasteiger charge is 2.09. The third-order valence-electron chi connectivity index (χ3n) is 3.11. The van der Waals surface area contributed by atoms with Gasteiger partial charge < -0.3 is 20.1 Å². The second kappa shape index (κ2) is 7.94. The highest BCUT2D eigenvalue weighted by molar-refractivity contribution is 6.35. The van der Waals surface area contributed by atoms with Crippen LogP contribution in [-0.2, 0) is 6.54 Å². The minimum absolute atomic E-state index is 0.272. The molecule has 0 atom stereocenters. The Kier molecular flexibility index (Phi) is 5.96. The molecular formula is C16H16Cl2N2O3. The van der Waals surface area contributed by atoms with Crippen molar-refractivity contribution in [2.24, 2.45) is 0 Å². The molecule has 2 aromatic rings. The first-order valence-electron chi connectivity index (χ1n) is 6.74. The number of halogens is 2. The molecule has 2 N–H and O–H groups in total. The molecule has 0 saturated heterocycles. The van der Waals surface area contributed by atoms with E-state index in [2.05, 4.69) is 10.6 Å². The van der Waals surface area contributed by atoms with Gasteiger partial charge in [0.15, 0.2) is 0 Å². The topological polar surface area (TPSA) is 59.6 Å². The van der Waals surface area contributed by atoms with Gasteiger partial charge in [0.05, 0.1) is 19.9 Å².